The van der Waals surface area contributed by atoms with Crippen LogP contribution in [0.25, 0.3) is 0 Å². The molecule has 0 unspecified atom stereocenters. The molecular formula is C15H14ClNO5S2. The first-order valence-electron chi connectivity index (χ1n) is 6.74. The minimum absolute atomic E-state index is 0.0108. The van der Waals surface area contributed by atoms with E-state index in [1.807, 2.05) is 6.92 Å². The number of Topliss-reactive ketones (excluding diaryl/α,β-unsaturated/α-hetero) is 1. The zero-order valence-corrected chi connectivity index (χ0v) is 15.2. The van der Waals surface area contributed by atoms with Gasteiger partial charge in [-0.25, -0.2) is 17.9 Å². The van der Waals surface area contributed by atoms with E-state index in [0.29, 0.717) is 4.88 Å². The van der Waals surface area contributed by atoms with Crippen molar-refractivity contribution in [2.75, 3.05) is 13.7 Å². The van der Waals surface area contributed by atoms with Gasteiger partial charge in [-0.05, 0) is 44.3 Å². The van der Waals surface area contributed by atoms with Crippen LogP contribution in [0, 0.1) is 6.92 Å². The third-order valence-corrected chi connectivity index (χ3v) is 6.01. The number of thiophene rings is 1. The Morgan fingerprint density at radius 2 is 1.96 bits per heavy atom. The van der Waals surface area contributed by atoms with E-state index < -0.39 is 22.6 Å². The van der Waals surface area contributed by atoms with Gasteiger partial charge in [0.05, 0.1) is 15.5 Å². The van der Waals surface area contributed by atoms with E-state index in [-0.39, 0.29) is 21.3 Å². The molecule has 2 rings (SSSR count). The Labute approximate surface area is 148 Å². The number of carbonyl (C=O) groups is 2. The number of halogens is 1. The molecule has 0 aliphatic rings. The van der Waals surface area contributed by atoms with Gasteiger partial charge in [0, 0.05) is 4.88 Å². The topological polar surface area (TPSA) is 89.5 Å². The van der Waals surface area contributed by atoms with Gasteiger partial charge in [-0.15, -0.1) is 11.3 Å². The van der Waals surface area contributed by atoms with E-state index in [1.165, 1.54) is 30.5 Å². The van der Waals surface area contributed by atoms with Crippen molar-refractivity contribution in [3.05, 3.63) is 50.7 Å². The lowest BCUT2D eigenvalue weighted by Gasteiger charge is -2.08. The summed E-state index contributed by atoms with van der Waals surface area (Å²) in [5.41, 5.74) is -0.0108. The lowest BCUT2D eigenvalue weighted by Crippen LogP contribution is -2.20. The standard InChI is InChI=1S/C15H14ClNO5S2/c1-9-3-6-13(23-9)12(18)8-22-15(19)10-4-5-11(16)14(7-10)24(20,21)17-2/h3-7,17H,8H2,1-2H3. The molecule has 0 saturated carbocycles. The molecule has 0 aliphatic heterocycles. The normalized spacial score (nSPS) is 11.3. The largest absolute Gasteiger partial charge is 0.454 e. The molecular weight excluding hydrogens is 374 g/mol. The molecule has 128 valence electrons. The molecule has 1 heterocycles. The van der Waals surface area contributed by atoms with Gasteiger partial charge < -0.3 is 4.74 Å². The van der Waals surface area contributed by atoms with E-state index in [2.05, 4.69) is 4.72 Å². The van der Waals surface area contributed by atoms with Crippen molar-refractivity contribution >= 4 is 44.7 Å². The molecule has 1 N–H and O–H groups in total. The third-order valence-electron chi connectivity index (χ3n) is 3.07. The molecule has 0 fully saturated rings. The molecule has 0 amide bonds. The summed E-state index contributed by atoms with van der Waals surface area (Å²) < 4.78 is 30.8. The molecule has 1 aromatic heterocycles. The molecule has 24 heavy (non-hydrogen) atoms. The minimum atomic E-state index is -3.81. The SMILES string of the molecule is CNS(=O)(=O)c1cc(C(=O)OCC(=O)c2ccc(C)s2)ccc1Cl. The Balaban J connectivity index is 2.13. The third kappa shape index (κ3) is 4.21. The van der Waals surface area contributed by atoms with Gasteiger partial charge in [-0.2, -0.15) is 0 Å². The fourth-order valence-corrected chi connectivity index (χ4v) is 3.86. The second-order valence-electron chi connectivity index (χ2n) is 4.76. The number of rotatable bonds is 6. The molecule has 2 aromatic rings. The van der Waals surface area contributed by atoms with Crippen molar-refractivity contribution in [2.45, 2.75) is 11.8 Å². The first-order valence-corrected chi connectivity index (χ1v) is 9.42. The first kappa shape index (κ1) is 18.6. The van der Waals surface area contributed by atoms with Crippen LogP contribution in [0.5, 0.6) is 0 Å². The molecule has 0 saturated heterocycles. The second kappa shape index (κ2) is 7.43. The van der Waals surface area contributed by atoms with Crippen LogP contribution < -0.4 is 4.72 Å². The summed E-state index contributed by atoms with van der Waals surface area (Å²) in [6.07, 6.45) is 0. The Kier molecular flexibility index (Phi) is 5.76. The maximum atomic E-state index is 12.0. The number of ether oxygens (including phenoxy) is 1. The van der Waals surface area contributed by atoms with Crippen molar-refractivity contribution in [3.8, 4) is 0 Å². The number of hydrogen-bond acceptors (Lipinski definition) is 6. The van der Waals surface area contributed by atoms with Crippen LogP contribution in [0.15, 0.2) is 35.2 Å². The highest BCUT2D eigenvalue weighted by Crippen LogP contribution is 2.23. The summed E-state index contributed by atoms with van der Waals surface area (Å²) in [6, 6.07) is 7.19. The monoisotopic (exact) mass is 387 g/mol. The smallest absolute Gasteiger partial charge is 0.338 e. The predicted octanol–water partition coefficient (Wildman–Crippen LogP) is 2.66. The summed E-state index contributed by atoms with van der Waals surface area (Å²) >= 11 is 7.16. The van der Waals surface area contributed by atoms with Crippen molar-refractivity contribution in [1.82, 2.24) is 4.72 Å². The summed E-state index contributed by atoms with van der Waals surface area (Å²) in [6.45, 7) is 1.44. The van der Waals surface area contributed by atoms with Gasteiger partial charge in [0.15, 0.2) is 6.61 Å². The lowest BCUT2D eigenvalue weighted by molar-refractivity contribution is 0.0475. The quantitative estimate of drug-likeness (QED) is 0.608. The van der Waals surface area contributed by atoms with Gasteiger partial charge in [-0.1, -0.05) is 11.6 Å². The van der Waals surface area contributed by atoms with Crippen LogP contribution in [0.2, 0.25) is 5.02 Å². The fraction of sp³-hybridized carbons (Fsp3) is 0.200. The van der Waals surface area contributed by atoms with Gasteiger partial charge >= 0.3 is 5.97 Å². The summed E-state index contributed by atoms with van der Waals surface area (Å²) in [7, 11) is -2.58. The maximum Gasteiger partial charge on any atom is 0.338 e. The summed E-state index contributed by atoms with van der Waals surface area (Å²) in [5, 5.41) is -0.0222. The van der Waals surface area contributed by atoms with E-state index in [1.54, 1.807) is 12.1 Å². The minimum Gasteiger partial charge on any atom is -0.454 e. The number of benzene rings is 1. The Morgan fingerprint density at radius 3 is 2.54 bits per heavy atom. The Hall–Kier alpha value is -1.74. The molecule has 6 nitrogen and oxygen atoms in total. The van der Waals surface area contributed by atoms with E-state index in [4.69, 9.17) is 16.3 Å². The van der Waals surface area contributed by atoms with Crippen molar-refractivity contribution in [2.24, 2.45) is 0 Å². The molecule has 1 aromatic carbocycles. The fourth-order valence-electron chi connectivity index (χ4n) is 1.82. The van der Waals surface area contributed by atoms with Crippen LogP contribution in [0.4, 0.5) is 0 Å². The Bertz CT molecular complexity index is 889. The Morgan fingerprint density at radius 1 is 1.25 bits per heavy atom. The van der Waals surface area contributed by atoms with Crippen molar-refractivity contribution < 1.29 is 22.7 Å². The van der Waals surface area contributed by atoms with Gasteiger partial charge in [0.1, 0.15) is 4.90 Å². The average molecular weight is 388 g/mol. The zero-order chi connectivity index (χ0) is 17.9. The highest BCUT2D eigenvalue weighted by Gasteiger charge is 2.20. The number of nitrogens with one attached hydrogen (secondary N) is 1. The summed E-state index contributed by atoms with van der Waals surface area (Å²) in [4.78, 5) is 25.2. The molecule has 0 radical (unpaired) electrons. The summed E-state index contributed by atoms with van der Waals surface area (Å²) in [5.74, 6) is -1.13. The van der Waals surface area contributed by atoms with Gasteiger partial charge in [0.25, 0.3) is 0 Å². The van der Waals surface area contributed by atoms with E-state index in [9.17, 15) is 18.0 Å². The van der Waals surface area contributed by atoms with Crippen molar-refractivity contribution in [3.63, 3.8) is 0 Å². The maximum absolute atomic E-state index is 12.0. The van der Waals surface area contributed by atoms with Crippen LogP contribution in [-0.4, -0.2) is 33.8 Å². The highest BCUT2D eigenvalue weighted by molar-refractivity contribution is 7.89. The van der Waals surface area contributed by atoms with Crippen LogP contribution >= 0.6 is 22.9 Å². The lowest BCUT2D eigenvalue weighted by atomic mass is 10.2. The second-order valence-corrected chi connectivity index (χ2v) is 8.31. The molecule has 0 atom stereocenters. The van der Waals surface area contributed by atoms with E-state index >= 15 is 0 Å². The number of hydrogen-bond donors (Lipinski definition) is 1. The molecule has 0 bridgehead atoms. The highest BCUT2D eigenvalue weighted by atomic mass is 35.5. The van der Waals surface area contributed by atoms with Crippen LogP contribution in [0.3, 0.4) is 0 Å². The van der Waals surface area contributed by atoms with Gasteiger partial charge in [0.2, 0.25) is 15.8 Å². The van der Waals surface area contributed by atoms with E-state index in [0.717, 1.165) is 10.9 Å². The first-order chi connectivity index (χ1) is 11.2. The number of carbonyl (C=O) groups excluding carboxylic acids is 2. The molecule has 0 aliphatic carbocycles. The van der Waals surface area contributed by atoms with Crippen LogP contribution in [0.1, 0.15) is 24.9 Å². The molecule has 9 heteroatoms. The average Bonchev–Trinajstić information content (AvgIpc) is 2.99. The number of ketones is 1. The number of sulfonamides is 1. The number of esters is 1. The number of aryl methyl sites for hydroxylation is 1. The predicted molar refractivity (Wildman–Crippen MR) is 91.4 cm³/mol. The van der Waals surface area contributed by atoms with Crippen LogP contribution in [-0.2, 0) is 14.8 Å². The zero-order valence-electron chi connectivity index (χ0n) is 12.8. The van der Waals surface area contributed by atoms with Gasteiger partial charge in [-0.3, -0.25) is 4.79 Å². The molecule has 0 spiro atoms. The van der Waals surface area contributed by atoms with Crippen molar-refractivity contribution in [1.29, 1.82) is 0 Å².